The minimum atomic E-state index is -0.871. The molecule has 0 aliphatic carbocycles. The lowest BCUT2D eigenvalue weighted by Gasteiger charge is -2.36. The molecule has 1 aromatic heterocycles. The first-order chi connectivity index (χ1) is 8.87. The summed E-state index contributed by atoms with van der Waals surface area (Å²) in [7, 11) is 0. The Morgan fingerprint density at radius 2 is 2.05 bits per heavy atom. The second-order valence-electron chi connectivity index (χ2n) is 5.93. The summed E-state index contributed by atoms with van der Waals surface area (Å²) >= 11 is 0. The largest absolute Gasteiger partial charge is 0.477 e. The first kappa shape index (κ1) is 14.1. The molecule has 106 valence electrons. The van der Waals surface area contributed by atoms with Crippen molar-refractivity contribution < 1.29 is 15.0 Å². The van der Waals surface area contributed by atoms with Gasteiger partial charge in [0.15, 0.2) is 0 Å². The average Bonchev–Trinajstić information content (AvgIpc) is 2.76. The van der Waals surface area contributed by atoms with E-state index < -0.39 is 11.6 Å². The number of carbonyl (C=O) groups is 1. The second kappa shape index (κ2) is 5.35. The number of carboxylic acids is 1. The predicted molar refractivity (Wildman–Crippen MR) is 72.4 cm³/mol. The molecule has 1 aromatic rings. The molecular formula is C14H22N2O3. The van der Waals surface area contributed by atoms with Crippen molar-refractivity contribution in [2.45, 2.75) is 38.3 Å². The fourth-order valence-electron chi connectivity index (χ4n) is 2.80. The van der Waals surface area contributed by atoms with E-state index in [1.165, 1.54) is 0 Å². The molecule has 2 heterocycles. The zero-order chi connectivity index (χ0) is 14.0. The Morgan fingerprint density at radius 3 is 2.58 bits per heavy atom. The maximum absolute atomic E-state index is 11.1. The van der Waals surface area contributed by atoms with Gasteiger partial charge in [-0.25, -0.2) is 4.79 Å². The van der Waals surface area contributed by atoms with Crippen molar-refractivity contribution in [3.63, 3.8) is 0 Å². The van der Waals surface area contributed by atoms with Gasteiger partial charge in [-0.3, -0.25) is 0 Å². The number of aromatic nitrogens is 1. The fraction of sp³-hybridized carbons (Fsp3) is 0.643. The van der Waals surface area contributed by atoms with Crippen molar-refractivity contribution in [1.82, 2.24) is 9.47 Å². The lowest BCUT2D eigenvalue weighted by Crippen LogP contribution is -2.43. The number of nitrogens with zero attached hydrogens (tertiary/aromatic N) is 2. The lowest BCUT2D eigenvalue weighted by atomic mass is 10.0. The molecule has 2 N–H and O–H groups in total. The van der Waals surface area contributed by atoms with Crippen molar-refractivity contribution in [3.8, 4) is 0 Å². The Labute approximate surface area is 113 Å². The summed E-state index contributed by atoms with van der Waals surface area (Å²) in [4.78, 5) is 13.3. The SMILES string of the molecule is CC(C)(O)CN1CCC(n2cccc2C(=O)O)CC1. The van der Waals surface area contributed by atoms with E-state index in [0.29, 0.717) is 12.2 Å². The predicted octanol–water partition coefficient (Wildman–Crippen LogP) is 1.59. The molecule has 0 saturated carbocycles. The highest BCUT2D eigenvalue weighted by atomic mass is 16.4. The number of hydrogen-bond acceptors (Lipinski definition) is 3. The van der Waals surface area contributed by atoms with E-state index in [2.05, 4.69) is 4.90 Å². The van der Waals surface area contributed by atoms with E-state index in [4.69, 9.17) is 5.11 Å². The van der Waals surface area contributed by atoms with Gasteiger partial charge in [0.05, 0.1) is 5.60 Å². The minimum Gasteiger partial charge on any atom is -0.477 e. The van der Waals surface area contributed by atoms with Crippen LogP contribution in [0.2, 0.25) is 0 Å². The quantitative estimate of drug-likeness (QED) is 0.868. The highest BCUT2D eigenvalue weighted by molar-refractivity contribution is 5.85. The lowest BCUT2D eigenvalue weighted by molar-refractivity contribution is 0.0250. The maximum Gasteiger partial charge on any atom is 0.352 e. The van der Waals surface area contributed by atoms with E-state index in [1.54, 1.807) is 12.1 Å². The van der Waals surface area contributed by atoms with Gasteiger partial charge in [-0.15, -0.1) is 0 Å². The number of β-amino-alcohol motifs (C(OH)–C–C–N with tert-alkyl or cyclic N) is 1. The summed E-state index contributed by atoms with van der Waals surface area (Å²) in [6.07, 6.45) is 3.69. The molecule has 1 fully saturated rings. The number of aliphatic hydroxyl groups is 1. The first-order valence-corrected chi connectivity index (χ1v) is 6.72. The third kappa shape index (κ3) is 3.58. The van der Waals surface area contributed by atoms with Gasteiger partial charge in [-0.05, 0) is 38.8 Å². The van der Waals surface area contributed by atoms with E-state index in [9.17, 15) is 9.90 Å². The van der Waals surface area contributed by atoms with Crippen LogP contribution in [0.1, 0.15) is 43.2 Å². The smallest absolute Gasteiger partial charge is 0.352 e. The number of piperidine rings is 1. The van der Waals surface area contributed by atoms with Gasteiger partial charge in [-0.1, -0.05) is 0 Å². The monoisotopic (exact) mass is 266 g/mol. The van der Waals surface area contributed by atoms with Gasteiger partial charge in [0.2, 0.25) is 0 Å². The van der Waals surface area contributed by atoms with Crippen LogP contribution >= 0.6 is 0 Å². The van der Waals surface area contributed by atoms with Gasteiger partial charge in [-0.2, -0.15) is 0 Å². The molecule has 0 atom stereocenters. The van der Waals surface area contributed by atoms with E-state index >= 15 is 0 Å². The summed E-state index contributed by atoms with van der Waals surface area (Å²) in [6, 6.07) is 3.68. The third-order valence-corrected chi connectivity index (χ3v) is 3.56. The zero-order valence-corrected chi connectivity index (χ0v) is 11.5. The van der Waals surface area contributed by atoms with Crippen molar-refractivity contribution in [2.75, 3.05) is 19.6 Å². The van der Waals surface area contributed by atoms with Crippen LogP contribution < -0.4 is 0 Å². The van der Waals surface area contributed by atoms with E-state index in [1.807, 2.05) is 24.6 Å². The molecule has 2 rings (SSSR count). The van der Waals surface area contributed by atoms with E-state index in [0.717, 1.165) is 25.9 Å². The second-order valence-corrected chi connectivity index (χ2v) is 5.93. The molecule has 1 aliphatic heterocycles. The van der Waals surface area contributed by atoms with Gasteiger partial charge < -0.3 is 19.7 Å². The van der Waals surface area contributed by atoms with E-state index in [-0.39, 0.29) is 6.04 Å². The van der Waals surface area contributed by atoms with Crippen LogP contribution in [0.25, 0.3) is 0 Å². The molecule has 1 aliphatic rings. The number of likely N-dealkylation sites (tertiary alicyclic amines) is 1. The van der Waals surface area contributed by atoms with Crippen molar-refractivity contribution in [1.29, 1.82) is 0 Å². The number of aromatic carboxylic acids is 1. The van der Waals surface area contributed by atoms with Crippen LogP contribution in [0.3, 0.4) is 0 Å². The van der Waals surface area contributed by atoms with Crippen molar-refractivity contribution >= 4 is 5.97 Å². The molecule has 1 saturated heterocycles. The van der Waals surface area contributed by atoms with Gasteiger partial charge in [0.25, 0.3) is 0 Å². The van der Waals surface area contributed by atoms with Crippen molar-refractivity contribution in [2.24, 2.45) is 0 Å². The van der Waals surface area contributed by atoms with Crippen LogP contribution in [-0.4, -0.2) is 50.9 Å². The average molecular weight is 266 g/mol. The third-order valence-electron chi connectivity index (χ3n) is 3.56. The molecule has 19 heavy (non-hydrogen) atoms. The molecule has 0 radical (unpaired) electrons. The topological polar surface area (TPSA) is 65.7 Å². The van der Waals surface area contributed by atoms with Gasteiger partial charge in [0.1, 0.15) is 5.69 Å². The standard InChI is InChI=1S/C14H22N2O3/c1-14(2,19)10-15-8-5-11(6-9-15)16-7-3-4-12(16)13(17)18/h3-4,7,11,19H,5-6,8-10H2,1-2H3,(H,17,18). The summed E-state index contributed by atoms with van der Waals surface area (Å²) in [5, 5.41) is 18.9. The van der Waals surface area contributed by atoms with Gasteiger partial charge >= 0.3 is 5.97 Å². The first-order valence-electron chi connectivity index (χ1n) is 6.72. The Hall–Kier alpha value is -1.33. The molecular weight excluding hydrogens is 244 g/mol. The molecule has 0 unspecified atom stereocenters. The van der Waals surface area contributed by atoms with Crippen LogP contribution in [0, 0.1) is 0 Å². The highest BCUT2D eigenvalue weighted by Crippen LogP contribution is 2.25. The summed E-state index contributed by atoms with van der Waals surface area (Å²) in [6.45, 7) is 6.08. The van der Waals surface area contributed by atoms with Crippen LogP contribution in [0.15, 0.2) is 18.3 Å². The maximum atomic E-state index is 11.1. The zero-order valence-electron chi connectivity index (χ0n) is 11.5. The summed E-state index contributed by atoms with van der Waals surface area (Å²) < 4.78 is 1.86. The molecule has 0 bridgehead atoms. The normalized spacial score (nSPS) is 18.7. The molecule has 5 heteroatoms. The summed E-state index contributed by atoms with van der Waals surface area (Å²) in [5.41, 5.74) is -0.312. The molecule has 5 nitrogen and oxygen atoms in total. The molecule has 0 spiro atoms. The Bertz CT molecular complexity index is 440. The Kier molecular flexibility index (Phi) is 3.96. The van der Waals surface area contributed by atoms with Crippen LogP contribution in [-0.2, 0) is 0 Å². The number of carboxylic acid groups (broad SMARTS) is 1. The highest BCUT2D eigenvalue weighted by Gasteiger charge is 2.26. The number of hydrogen-bond donors (Lipinski definition) is 2. The van der Waals surface area contributed by atoms with Gasteiger partial charge in [0, 0.05) is 31.9 Å². The minimum absolute atomic E-state index is 0.249. The Morgan fingerprint density at radius 1 is 1.42 bits per heavy atom. The van der Waals surface area contributed by atoms with Crippen LogP contribution in [0.4, 0.5) is 0 Å². The summed E-state index contributed by atoms with van der Waals surface area (Å²) in [5.74, 6) is -0.871. The van der Waals surface area contributed by atoms with Crippen molar-refractivity contribution in [3.05, 3.63) is 24.0 Å². The Balaban J connectivity index is 1.96. The fourth-order valence-corrected chi connectivity index (χ4v) is 2.80. The van der Waals surface area contributed by atoms with Crippen LogP contribution in [0.5, 0.6) is 0 Å². The number of rotatable bonds is 4. The molecule has 0 aromatic carbocycles. The molecule has 0 amide bonds.